The largest absolute Gasteiger partial charge is 0.413 e. The number of rotatable bonds is 7. The second-order valence-corrected chi connectivity index (χ2v) is 7.61. The summed E-state index contributed by atoms with van der Waals surface area (Å²) >= 11 is 0. The van der Waals surface area contributed by atoms with E-state index in [9.17, 15) is 22.4 Å². The van der Waals surface area contributed by atoms with Gasteiger partial charge < -0.3 is 10.1 Å². The Hall–Kier alpha value is -2.48. The lowest BCUT2D eigenvalue weighted by atomic mass is 9.84. The monoisotopic (exact) mass is 424 g/mol. The van der Waals surface area contributed by atoms with Gasteiger partial charge in [0, 0.05) is 5.57 Å². The second-order valence-electron chi connectivity index (χ2n) is 7.61. The molecule has 1 aromatic rings. The Bertz CT molecular complexity index is 842. The van der Waals surface area contributed by atoms with Crippen LogP contribution in [0.15, 0.2) is 58.6 Å². The Balaban J connectivity index is 1.81. The molecular formula is C22H24F4N2O2. The molecule has 30 heavy (non-hydrogen) atoms. The average Bonchev–Trinajstić information content (AvgIpc) is 3.50. The molecule has 0 heterocycles. The normalized spacial score (nSPS) is 22.4. The summed E-state index contributed by atoms with van der Waals surface area (Å²) in [5.74, 6) is -2.24. The highest BCUT2D eigenvalue weighted by Gasteiger charge is 2.46. The van der Waals surface area contributed by atoms with E-state index in [0.717, 1.165) is 25.0 Å². The summed E-state index contributed by atoms with van der Waals surface area (Å²) in [6.45, 7) is 1.61. The maximum Gasteiger partial charge on any atom is 0.413 e. The molecule has 1 amide bonds. The van der Waals surface area contributed by atoms with E-state index in [1.54, 1.807) is 30.3 Å². The minimum absolute atomic E-state index is 0.0631. The van der Waals surface area contributed by atoms with E-state index in [1.807, 2.05) is 0 Å². The van der Waals surface area contributed by atoms with Crippen LogP contribution in [0.5, 0.6) is 0 Å². The highest BCUT2D eigenvalue weighted by atomic mass is 19.4. The summed E-state index contributed by atoms with van der Waals surface area (Å²) in [4.78, 5) is 16.5. The highest BCUT2D eigenvalue weighted by Crippen LogP contribution is 2.39. The van der Waals surface area contributed by atoms with E-state index >= 15 is 0 Å². The molecule has 0 bridgehead atoms. The number of hydrogen-bond acceptors (Lipinski definition) is 3. The zero-order valence-electron chi connectivity index (χ0n) is 16.6. The van der Waals surface area contributed by atoms with Crippen LogP contribution < -0.4 is 5.32 Å². The number of nitrogens with zero attached hydrogens (tertiary/aromatic N) is 1. The van der Waals surface area contributed by atoms with Crippen LogP contribution in [0.2, 0.25) is 0 Å². The van der Waals surface area contributed by atoms with Gasteiger partial charge in [-0.2, -0.15) is 13.2 Å². The lowest BCUT2D eigenvalue weighted by molar-refractivity contribution is -0.119. The number of carbonyl (C=O) groups excluding carboxylic acids is 1. The van der Waals surface area contributed by atoms with E-state index in [0.29, 0.717) is 18.1 Å². The SMILES string of the molecule is CC1=CC=C(C(F)(F)F)C(C(=NCOCC2CC2)NC(=O)Cc2ccccc2)C1F. The number of ether oxygens (including phenoxy) is 1. The third kappa shape index (κ3) is 6.01. The number of amidine groups is 1. The summed E-state index contributed by atoms with van der Waals surface area (Å²) in [7, 11) is 0. The van der Waals surface area contributed by atoms with Crippen molar-refractivity contribution in [3.8, 4) is 0 Å². The fourth-order valence-corrected chi connectivity index (χ4v) is 3.20. The van der Waals surface area contributed by atoms with Gasteiger partial charge in [-0.1, -0.05) is 42.5 Å². The first-order chi connectivity index (χ1) is 14.3. The molecule has 2 atom stereocenters. The van der Waals surface area contributed by atoms with Crippen molar-refractivity contribution in [3.05, 3.63) is 59.2 Å². The molecule has 4 nitrogen and oxygen atoms in total. The molecule has 8 heteroatoms. The Morgan fingerprint density at radius 2 is 1.90 bits per heavy atom. The zero-order valence-corrected chi connectivity index (χ0v) is 16.6. The van der Waals surface area contributed by atoms with E-state index in [4.69, 9.17) is 4.74 Å². The standard InChI is InChI=1S/C22H24F4N2O2/c1-14-7-10-17(22(24,25)26)19(20(14)23)21(27-13-30-12-16-8-9-16)28-18(29)11-15-5-3-2-4-6-15/h2-7,10,16,19-20H,8-9,11-13H2,1H3,(H,27,28,29). The van der Waals surface area contributed by atoms with E-state index in [-0.39, 0.29) is 24.6 Å². The fourth-order valence-electron chi connectivity index (χ4n) is 3.20. The zero-order chi connectivity index (χ0) is 21.7. The van der Waals surface area contributed by atoms with Crippen LogP contribution in [-0.4, -0.2) is 37.4 Å². The number of allylic oxidation sites excluding steroid dienone is 3. The topological polar surface area (TPSA) is 50.7 Å². The molecular weight excluding hydrogens is 400 g/mol. The van der Waals surface area contributed by atoms with Crippen molar-refractivity contribution in [1.82, 2.24) is 5.32 Å². The molecule has 0 radical (unpaired) electrons. The predicted molar refractivity (Wildman–Crippen MR) is 106 cm³/mol. The number of carbonyl (C=O) groups is 1. The molecule has 1 aromatic carbocycles. The average molecular weight is 424 g/mol. The van der Waals surface area contributed by atoms with Gasteiger partial charge in [-0.25, -0.2) is 9.38 Å². The van der Waals surface area contributed by atoms with Gasteiger partial charge in [0.15, 0.2) is 0 Å². The van der Waals surface area contributed by atoms with Crippen molar-refractivity contribution in [3.63, 3.8) is 0 Å². The number of halogens is 4. The molecule has 3 rings (SSSR count). The smallest absolute Gasteiger partial charge is 0.359 e. The first-order valence-corrected chi connectivity index (χ1v) is 9.81. The summed E-state index contributed by atoms with van der Waals surface area (Å²) in [5.41, 5.74) is -0.263. The number of hydrogen-bond donors (Lipinski definition) is 1. The molecule has 162 valence electrons. The minimum atomic E-state index is -4.76. The third-order valence-electron chi connectivity index (χ3n) is 5.06. The first-order valence-electron chi connectivity index (χ1n) is 9.81. The molecule has 1 fully saturated rings. The van der Waals surface area contributed by atoms with Crippen molar-refractivity contribution in [2.45, 2.75) is 38.5 Å². The van der Waals surface area contributed by atoms with Crippen LogP contribution in [-0.2, 0) is 16.0 Å². The maximum absolute atomic E-state index is 14.9. The number of benzene rings is 1. The van der Waals surface area contributed by atoms with Gasteiger partial charge in [0.1, 0.15) is 18.7 Å². The summed E-state index contributed by atoms with van der Waals surface area (Å²) in [6.07, 6.45) is -2.73. The number of aliphatic imine (C=N–C) groups is 1. The van der Waals surface area contributed by atoms with Crippen LogP contribution in [0.1, 0.15) is 25.3 Å². The number of nitrogens with one attached hydrogen (secondary N) is 1. The van der Waals surface area contributed by atoms with Gasteiger partial charge in [0.05, 0.1) is 18.9 Å². The van der Waals surface area contributed by atoms with Gasteiger partial charge >= 0.3 is 6.18 Å². The highest BCUT2D eigenvalue weighted by molar-refractivity contribution is 6.02. The van der Waals surface area contributed by atoms with E-state index in [1.165, 1.54) is 6.92 Å². The molecule has 0 saturated heterocycles. The van der Waals surface area contributed by atoms with Crippen LogP contribution in [0, 0.1) is 11.8 Å². The van der Waals surface area contributed by atoms with Crippen molar-refractivity contribution < 1.29 is 27.1 Å². The van der Waals surface area contributed by atoms with Crippen molar-refractivity contribution in [2.75, 3.05) is 13.3 Å². The van der Waals surface area contributed by atoms with Gasteiger partial charge in [0.25, 0.3) is 0 Å². The summed E-state index contributed by atoms with van der Waals surface area (Å²) < 4.78 is 61.0. The van der Waals surface area contributed by atoms with Crippen molar-refractivity contribution in [1.29, 1.82) is 0 Å². The maximum atomic E-state index is 14.9. The summed E-state index contributed by atoms with van der Waals surface area (Å²) in [6, 6.07) is 8.74. The molecule has 0 aromatic heterocycles. The lowest BCUT2D eigenvalue weighted by Gasteiger charge is -2.30. The Labute approximate surface area is 172 Å². The van der Waals surface area contributed by atoms with Gasteiger partial charge in [0.2, 0.25) is 5.91 Å². The Morgan fingerprint density at radius 3 is 2.53 bits per heavy atom. The second kappa shape index (κ2) is 9.55. The van der Waals surface area contributed by atoms with Gasteiger partial charge in [-0.3, -0.25) is 4.79 Å². The molecule has 2 aliphatic carbocycles. The Kier molecular flexibility index (Phi) is 7.07. The molecule has 2 unspecified atom stereocenters. The van der Waals surface area contributed by atoms with Gasteiger partial charge in [-0.05, 0) is 36.8 Å². The molecule has 0 spiro atoms. The Morgan fingerprint density at radius 1 is 1.20 bits per heavy atom. The third-order valence-corrected chi connectivity index (χ3v) is 5.06. The van der Waals surface area contributed by atoms with E-state index in [2.05, 4.69) is 10.3 Å². The van der Waals surface area contributed by atoms with Crippen molar-refractivity contribution >= 4 is 11.7 Å². The number of amides is 1. The fraction of sp³-hybridized carbons (Fsp3) is 0.455. The molecule has 1 N–H and O–H groups in total. The summed E-state index contributed by atoms with van der Waals surface area (Å²) in [5, 5.41) is 2.42. The van der Waals surface area contributed by atoms with E-state index < -0.39 is 29.7 Å². The molecule has 1 saturated carbocycles. The van der Waals surface area contributed by atoms with Gasteiger partial charge in [-0.15, -0.1) is 0 Å². The van der Waals surface area contributed by atoms with Crippen LogP contribution in [0.3, 0.4) is 0 Å². The van der Waals surface area contributed by atoms with Crippen LogP contribution in [0.25, 0.3) is 0 Å². The molecule has 0 aliphatic heterocycles. The predicted octanol–water partition coefficient (Wildman–Crippen LogP) is 4.53. The molecule has 2 aliphatic rings. The minimum Gasteiger partial charge on any atom is -0.359 e. The van der Waals surface area contributed by atoms with Crippen LogP contribution in [0.4, 0.5) is 17.6 Å². The van der Waals surface area contributed by atoms with Crippen molar-refractivity contribution in [2.24, 2.45) is 16.8 Å². The first kappa shape index (κ1) is 22.2. The van der Waals surface area contributed by atoms with Crippen LogP contribution >= 0.6 is 0 Å². The quantitative estimate of drug-likeness (QED) is 0.303. The number of alkyl halides is 4. The lowest BCUT2D eigenvalue weighted by Crippen LogP contribution is -2.45.